The molecule has 6 nitrogen and oxygen atoms in total. The Bertz CT molecular complexity index is 922. The fraction of sp³-hybridized carbons (Fsp3) is 0.250. The number of carbonyl (C=O) groups excluding carboxylic acids is 1. The van der Waals surface area contributed by atoms with Crippen LogP contribution in [-0.4, -0.2) is 29.2 Å². The number of hydrogen-bond donors (Lipinski definition) is 1. The summed E-state index contributed by atoms with van der Waals surface area (Å²) < 4.78 is 10.6. The van der Waals surface area contributed by atoms with E-state index in [1.165, 1.54) is 0 Å². The number of H-pyrrole nitrogens is 1. The molecule has 0 aliphatic carbocycles. The van der Waals surface area contributed by atoms with E-state index in [9.17, 15) is 9.59 Å². The largest absolute Gasteiger partial charge is 0.490 e. The van der Waals surface area contributed by atoms with Gasteiger partial charge in [-0.15, -0.1) is 0 Å². The number of esters is 1. The number of nitrogens with one attached hydrogen (secondary N) is 1. The van der Waals surface area contributed by atoms with Crippen molar-refractivity contribution in [2.45, 2.75) is 19.3 Å². The zero-order valence-corrected chi connectivity index (χ0v) is 14.3. The van der Waals surface area contributed by atoms with Gasteiger partial charge in [0.25, 0.3) is 5.56 Å². The highest BCUT2D eigenvalue weighted by Crippen LogP contribution is 2.09. The number of aromatic nitrogens is 2. The van der Waals surface area contributed by atoms with E-state index >= 15 is 0 Å². The smallest absolute Gasteiger partial charge is 0.305 e. The van der Waals surface area contributed by atoms with Gasteiger partial charge >= 0.3 is 5.97 Å². The third-order valence-electron chi connectivity index (χ3n) is 3.81. The standard InChI is InChI=1S/C20H20N2O4/c23-19(26-14-13-25-15-7-2-1-3-8-15)12-6-11-18-21-17-10-5-4-9-16(17)20(24)22-18/h1-5,7-10H,6,11-14H2,(H,21,22,24). The molecule has 0 unspecified atom stereocenters. The fourth-order valence-electron chi connectivity index (χ4n) is 2.56. The highest BCUT2D eigenvalue weighted by atomic mass is 16.6. The number of nitrogens with zero attached hydrogens (tertiary/aromatic N) is 1. The van der Waals surface area contributed by atoms with E-state index in [1.54, 1.807) is 18.2 Å². The van der Waals surface area contributed by atoms with Gasteiger partial charge in [0.15, 0.2) is 0 Å². The van der Waals surface area contributed by atoms with Crippen LogP contribution in [0.1, 0.15) is 18.7 Å². The third kappa shape index (κ3) is 4.92. The van der Waals surface area contributed by atoms with Crippen LogP contribution >= 0.6 is 0 Å². The molecule has 0 spiro atoms. The molecule has 2 aromatic carbocycles. The second-order valence-corrected chi connectivity index (χ2v) is 5.77. The summed E-state index contributed by atoms with van der Waals surface area (Å²) in [5.41, 5.74) is 0.498. The average Bonchev–Trinajstić information content (AvgIpc) is 2.66. The Balaban J connectivity index is 1.39. The molecule has 0 amide bonds. The lowest BCUT2D eigenvalue weighted by Crippen LogP contribution is -2.14. The monoisotopic (exact) mass is 352 g/mol. The number of aryl methyl sites for hydroxylation is 1. The third-order valence-corrected chi connectivity index (χ3v) is 3.81. The molecule has 0 saturated heterocycles. The van der Waals surface area contributed by atoms with Crippen molar-refractivity contribution < 1.29 is 14.3 Å². The summed E-state index contributed by atoms with van der Waals surface area (Å²) in [7, 11) is 0. The minimum Gasteiger partial charge on any atom is -0.490 e. The Morgan fingerprint density at radius 2 is 1.77 bits per heavy atom. The molecule has 26 heavy (non-hydrogen) atoms. The van der Waals surface area contributed by atoms with Crippen molar-refractivity contribution in [3.05, 3.63) is 70.8 Å². The average molecular weight is 352 g/mol. The zero-order chi connectivity index (χ0) is 18.2. The van der Waals surface area contributed by atoms with Gasteiger partial charge < -0.3 is 14.5 Å². The summed E-state index contributed by atoms with van der Waals surface area (Å²) in [4.78, 5) is 30.9. The van der Waals surface area contributed by atoms with Crippen LogP contribution in [0.3, 0.4) is 0 Å². The molecule has 0 aliphatic rings. The van der Waals surface area contributed by atoms with Gasteiger partial charge in [0, 0.05) is 12.8 Å². The summed E-state index contributed by atoms with van der Waals surface area (Å²) in [5, 5.41) is 0.564. The first kappa shape index (κ1) is 17.7. The molecule has 134 valence electrons. The molecule has 0 aliphatic heterocycles. The van der Waals surface area contributed by atoms with Gasteiger partial charge in [-0.3, -0.25) is 9.59 Å². The molecule has 1 N–H and O–H groups in total. The molecular weight excluding hydrogens is 332 g/mol. The second-order valence-electron chi connectivity index (χ2n) is 5.77. The Kier molecular flexibility index (Phi) is 5.98. The number of hydrogen-bond acceptors (Lipinski definition) is 5. The molecule has 1 aromatic heterocycles. The maximum absolute atomic E-state index is 12.0. The molecule has 3 rings (SSSR count). The summed E-state index contributed by atoms with van der Waals surface area (Å²) >= 11 is 0. The Labute approximate surface area is 150 Å². The van der Waals surface area contributed by atoms with Crippen molar-refractivity contribution >= 4 is 16.9 Å². The predicted octanol–water partition coefficient (Wildman–Crippen LogP) is 2.87. The number of para-hydroxylation sites is 2. The summed E-state index contributed by atoms with van der Waals surface area (Å²) in [5.74, 6) is 1.04. The number of carbonyl (C=O) groups is 1. The lowest BCUT2D eigenvalue weighted by Gasteiger charge is -2.07. The number of rotatable bonds is 8. The Morgan fingerprint density at radius 1 is 1.00 bits per heavy atom. The van der Waals surface area contributed by atoms with Crippen LogP contribution < -0.4 is 10.3 Å². The van der Waals surface area contributed by atoms with E-state index in [1.807, 2.05) is 36.4 Å². The highest BCUT2D eigenvalue weighted by molar-refractivity contribution is 5.77. The fourth-order valence-corrected chi connectivity index (χ4v) is 2.56. The second kappa shape index (κ2) is 8.80. The molecule has 6 heteroatoms. The van der Waals surface area contributed by atoms with Crippen LogP contribution in [0.15, 0.2) is 59.4 Å². The lowest BCUT2D eigenvalue weighted by atomic mass is 10.2. The topological polar surface area (TPSA) is 81.3 Å². The number of ether oxygens (including phenoxy) is 2. The van der Waals surface area contributed by atoms with Crippen molar-refractivity contribution in [2.24, 2.45) is 0 Å². The molecule has 0 saturated carbocycles. The van der Waals surface area contributed by atoms with Crippen LogP contribution in [0.5, 0.6) is 5.75 Å². The van der Waals surface area contributed by atoms with Crippen molar-refractivity contribution in [1.29, 1.82) is 0 Å². The van der Waals surface area contributed by atoms with E-state index < -0.39 is 0 Å². The number of fused-ring (bicyclic) bond motifs is 1. The van der Waals surface area contributed by atoms with Crippen LogP contribution in [0.25, 0.3) is 10.9 Å². The number of aromatic amines is 1. The summed E-state index contributed by atoms with van der Waals surface area (Å²) in [6, 6.07) is 16.5. The minimum absolute atomic E-state index is 0.161. The minimum atomic E-state index is -0.287. The van der Waals surface area contributed by atoms with Gasteiger partial charge in [0.2, 0.25) is 0 Å². The van der Waals surface area contributed by atoms with Crippen LogP contribution in [-0.2, 0) is 16.0 Å². The predicted molar refractivity (Wildman–Crippen MR) is 98.2 cm³/mol. The highest BCUT2D eigenvalue weighted by Gasteiger charge is 2.06. The maximum Gasteiger partial charge on any atom is 0.305 e. The first-order valence-electron chi connectivity index (χ1n) is 8.54. The molecule has 0 radical (unpaired) electrons. The molecular formula is C20H20N2O4. The summed E-state index contributed by atoms with van der Waals surface area (Å²) in [6.07, 6.45) is 1.33. The van der Waals surface area contributed by atoms with E-state index in [4.69, 9.17) is 9.47 Å². The van der Waals surface area contributed by atoms with Gasteiger partial charge in [-0.25, -0.2) is 4.98 Å². The van der Waals surface area contributed by atoms with Crippen LogP contribution in [0, 0.1) is 0 Å². The quantitative estimate of drug-likeness (QED) is 0.498. The Morgan fingerprint density at radius 3 is 2.62 bits per heavy atom. The lowest BCUT2D eigenvalue weighted by molar-refractivity contribution is -0.144. The van der Waals surface area contributed by atoms with E-state index in [-0.39, 0.29) is 24.6 Å². The van der Waals surface area contributed by atoms with Gasteiger partial charge in [-0.1, -0.05) is 30.3 Å². The van der Waals surface area contributed by atoms with Gasteiger partial charge in [-0.2, -0.15) is 0 Å². The van der Waals surface area contributed by atoms with Crippen LogP contribution in [0.2, 0.25) is 0 Å². The van der Waals surface area contributed by atoms with Crippen molar-refractivity contribution in [3.63, 3.8) is 0 Å². The van der Waals surface area contributed by atoms with Crippen molar-refractivity contribution in [3.8, 4) is 5.75 Å². The molecule has 0 atom stereocenters. The van der Waals surface area contributed by atoms with Gasteiger partial charge in [0.1, 0.15) is 24.8 Å². The van der Waals surface area contributed by atoms with E-state index in [0.29, 0.717) is 36.2 Å². The van der Waals surface area contributed by atoms with Crippen molar-refractivity contribution in [2.75, 3.05) is 13.2 Å². The van der Waals surface area contributed by atoms with Crippen molar-refractivity contribution in [1.82, 2.24) is 9.97 Å². The first-order valence-corrected chi connectivity index (χ1v) is 8.54. The van der Waals surface area contributed by atoms with Crippen LogP contribution in [0.4, 0.5) is 0 Å². The van der Waals surface area contributed by atoms with Gasteiger partial charge in [-0.05, 0) is 30.7 Å². The SMILES string of the molecule is O=C(CCCc1nc2ccccc2c(=O)[nH]1)OCCOc1ccccc1. The summed E-state index contributed by atoms with van der Waals surface area (Å²) in [6.45, 7) is 0.522. The molecule has 0 bridgehead atoms. The maximum atomic E-state index is 12.0. The van der Waals surface area contributed by atoms with Gasteiger partial charge in [0.05, 0.1) is 10.9 Å². The number of benzene rings is 2. The molecule has 3 aromatic rings. The first-order chi connectivity index (χ1) is 12.7. The van der Waals surface area contributed by atoms with E-state index in [0.717, 1.165) is 5.75 Å². The zero-order valence-electron chi connectivity index (χ0n) is 14.3. The molecule has 1 heterocycles. The Hall–Kier alpha value is -3.15. The normalized spacial score (nSPS) is 10.6. The molecule has 0 fully saturated rings. The van der Waals surface area contributed by atoms with E-state index in [2.05, 4.69) is 9.97 Å².